The van der Waals surface area contributed by atoms with Gasteiger partial charge in [-0.05, 0) is 12.1 Å². The number of rotatable bonds is 3. The molecule has 6 heteroatoms. The van der Waals surface area contributed by atoms with Crippen LogP contribution in [0.1, 0.15) is 37.7 Å². The van der Waals surface area contributed by atoms with E-state index in [0.29, 0.717) is 12.2 Å². The lowest BCUT2D eigenvalue weighted by molar-refractivity contribution is -0.137. The van der Waals surface area contributed by atoms with Crippen LogP contribution in [0.5, 0.6) is 0 Å². The van der Waals surface area contributed by atoms with Crippen molar-refractivity contribution in [2.75, 3.05) is 6.54 Å². The Bertz CT molecular complexity index is 843. The first kappa shape index (κ1) is 16.2. The molecule has 1 N–H and O–H groups in total. The van der Waals surface area contributed by atoms with Gasteiger partial charge in [0.25, 0.3) is 5.91 Å². The zero-order chi connectivity index (χ0) is 17.5. The molecule has 2 aromatic rings. The maximum Gasteiger partial charge on any atom is 0.305 e. The van der Waals surface area contributed by atoms with E-state index in [0.717, 1.165) is 16.6 Å². The largest absolute Gasteiger partial charge is 0.481 e. The smallest absolute Gasteiger partial charge is 0.305 e. The van der Waals surface area contributed by atoms with Gasteiger partial charge in [0.2, 0.25) is 0 Å². The van der Waals surface area contributed by atoms with Crippen molar-refractivity contribution in [3.63, 3.8) is 0 Å². The Morgan fingerprint density at radius 2 is 2.00 bits per heavy atom. The number of hydrazone groups is 1. The minimum Gasteiger partial charge on any atom is -0.481 e. The zero-order valence-corrected chi connectivity index (χ0v) is 14.1. The van der Waals surface area contributed by atoms with Crippen LogP contribution < -0.4 is 0 Å². The summed E-state index contributed by atoms with van der Waals surface area (Å²) in [5.41, 5.74) is 2.15. The predicted octanol–water partition coefficient (Wildman–Crippen LogP) is 2.97. The second-order valence-corrected chi connectivity index (χ2v) is 7.04. The highest BCUT2D eigenvalue weighted by Crippen LogP contribution is 2.27. The SMILES string of the molecule is CC(C)(C)C1=NN(CCC(=O)O)C(=O)c2cc3ccccc3n2C1. The third kappa shape index (κ3) is 2.91. The average Bonchev–Trinajstić information content (AvgIpc) is 2.80. The van der Waals surface area contributed by atoms with Gasteiger partial charge in [-0.3, -0.25) is 9.59 Å². The molecular formula is C18H21N3O3. The fraction of sp³-hybridized carbons (Fsp3) is 0.389. The summed E-state index contributed by atoms with van der Waals surface area (Å²) in [4.78, 5) is 23.8. The maximum absolute atomic E-state index is 12.9. The van der Waals surface area contributed by atoms with Gasteiger partial charge in [-0.25, -0.2) is 5.01 Å². The summed E-state index contributed by atoms with van der Waals surface area (Å²) in [5, 5.41) is 15.7. The van der Waals surface area contributed by atoms with Gasteiger partial charge in [-0.15, -0.1) is 0 Å². The van der Waals surface area contributed by atoms with Crippen LogP contribution in [0.3, 0.4) is 0 Å². The highest BCUT2D eigenvalue weighted by atomic mass is 16.4. The van der Waals surface area contributed by atoms with Gasteiger partial charge in [0.05, 0.1) is 25.2 Å². The number of carbonyl (C=O) groups is 2. The first-order chi connectivity index (χ1) is 11.3. The van der Waals surface area contributed by atoms with Gasteiger partial charge in [-0.2, -0.15) is 5.10 Å². The highest BCUT2D eigenvalue weighted by molar-refractivity contribution is 6.02. The molecule has 126 valence electrons. The van der Waals surface area contributed by atoms with Gasteiger partial charge in [0, 0.05) is 16.3 Å². The lowest BCUT2D eigenvalue weighted by atomic mass is 9.90. The lowest BCUT2D eigenvalue weighted by Gasteiger charge is -2.23. The number of aromatic nitrogens is 1. The molecule has 0 radical (unpaired) electrons. The van der Waals surface area contributed by atoms with Crippen LogP contribution in [0.2, 0.25) is 0 Å². The molecule has 1 amide bonds. The standard InChI is InChI=1S/C18H21N3O3/c1-18(2,3)15-11-20-13-7-5-4-6-12(13)10-14(20)17(24)21(19-15)9-8-16(22)23/h4-7,10H,8-9,11H2,1-3H3,(H,22,23). The Hall–Kier alpha value is -2.63. The Balaban J connectivity index is 2.12. The van der Waals surface area contributed by atoms with Crippen molar-refractivity contribution in [2.24, 2.45) is 10.5 Å². The van der Waals surface area contributed by atoms with Gasteiger partial charge < -0.3 is 9.67 Å². The number of para-hydroxylation sites is 1. The number of aliphatic carboxylic acids is 1. The van der Waals surface area contributed by atoms with Crippen molar-refractivity contribution >= 4 is 28.5 Å². The summed E-state index contributed by atoms with van der Waals surface area (Å²) in [5.74, 6) is -1.20. The summed E-state index contributed by atoms with van der Waals surface area (Å²) in [6, 6.07) is 9.69. The molecule has 1 aliphatic rings. The van der Waals surface area contributed by atoms with Crippen LogP contribution in [0, 0.1) is 5.41 Å². The molecule has 0 aliphatic carbocycles. The molecule has 3 rings (SSSR count). The van der Waals surface area contributed by atoms with Crippen LogP contribution in [0.25, 0.3) is 10.9 Å². The van der Waals surface area contributed by atoms with E-state index in [-0.39, 0.29) is 24.3 Å². The molecule has 0 atom stereocenters. The number of hydrogen-bond acceptors (Lipinski definition) is 3. The highest BCUT2D eigenvalue weighted by Gasteiger charge is 2.30. The molecular weight excluding hydrogens is 306 g/mol. The molecule has 0 spiro atoms. The van der Waals surface area contributed by atoms with E-state index in [2.05, 4.69) is 5.10 Å². The number of nitrogens with zero attached hydrogens (tertiary/aromatic N) is 3. The van der Waals surface area contributed by atoms with Crippen molar-refractivity contribution in [1.29, 1.82) is 0 Å². The second-order valence-electron chi connectivity index (χ2n) is 7.04. The Kier molecular flexibility index (Phi) is 3.91. The Morgan fingerprint density at radius 3 is 2.67 bits per heavy atom. The third-order valence-electron chi connectivity index (χ3n) is 4.22. The van der Waals surface area contributed by atoms with Crippen LogP contribution >= 0.6 is 0 Å². The first-order valence-electron chi connectivity index (χ1n) is 7.97. The number of fused-ring (bicyclic) bond motifs is 3. The normalized spacial score (nSPS) is 15.2. The number of hydrogen-bond donors (Lipinski definition) is 1. The summed E-state index contributed by atoms with van der Waals surface area (Å²) in [7, 11) is 0. The van der Waals surface area contributed by atoms with Crippen LogP contribution in [0.15, 0.2) is 35.4 Å². The molecule has 1 aromatic heterocycles. The molecule has 1 aliphatic heterocycles. The minimum atomic E-state index is -0.944. The molecule has 2 heterocycles. The third-order valence-corrected chi connectivity index (χ3v) is 4.22. The van der Waals surface area contributed by atoms with E-state index in [9.17, 15) is 9.59 Å². The summed E-state index contributed by atoms with van der Waals surface area (Å²) < 4.78 is 1.97. The van der Waals surface area contributed by atoms with E-state index in [1.807, 2.05) is 55.7 Å². The van der Waals surface area contributed by atoms with Crippen molar-refractivity contribution in [3.8, 4) is 0 Å². The van der Waals surface area contributed by atoms with Gasteiger partial charge >= 0.3 is 5.97 Å². The summed E-state index contributed by atoms with van der Waals surface area (Å²) >= 11 is 0. The van der Waals surface area contributed by atoms with E-state index in [1.165, 1.54) is 5.01 Å². The topological polar surface area (TPSA) is 74.9 Å². The first-order valence-corrected chi connectivity index (χ1v) is 7.97. The van der Waals surface area contributed by atoms with E-state index in [1.54, 1.807) is 0 Å². The monoisotopic (exact) mass is 327 g/mol. The maximum atomic E-state index is 12.9. The molecule has 0 unspecified atom stereocenters. The minimum absolute atomic E-state index is 0.0648. The van der Waals surface area contributed by atoms with Crippen LogP contribution in [0.4, 0.5) is 0 Å². The number of amides is 1. The molecule has 0 fully saturated rings. The van der Waals surface area contributed by atoms with Gasteiger partial charge in [-0.1, -0.05) is 39.0 Å². The number of carbonyl (C=O) groups excluding carboxylic acids is 1. The average molecular weight is 327 g/mol. The lowest BCUT2D eigenvalue weighted by Crippen LogP contribution is -2.30. The predicted molar refractivity (Wildman–Crippen MR) is 92.1 cm³/mol. The Labute approximate surface area is 140 Å². The van der Waals surface area contributed by atoms with E-state index < -0.39 is 5.97 Å². The summed E-state index contributed by atoms with van der Waals surface area (Å²) in [6.07, 6.45) is -0.132. The molecule has 1 aromatic carbocycles. The quantitative estimate of drug-likeness (QED) is 0.941. The van der Waals surface area contributed by atoms with Crippen LogP contribution in [-0.2, 0) is 11.3 Å². The Morgan fingerprint density at radius 1 is 1.29 bits per heavy atom. The molecule has 0 bridgehead atoms. The van der Waals surface area contributed by atoms with Gasteiger partial charge in [0.1, 0.15) is 5.69 Å². The molecule has 0 saturated carbocycles. The van der Waals surface area contributed by atoms with Crippen molar-refractivity contribution in [1.82, 2.24) is 9.58 Å². The van der Waals surface area contributed by atoms with E-state index >= 15 is 0 Å². The van der Waals surface area contributed by atoms with Crippen molar-refractivity contribution in [3.05, 3.63) is 36.0 Å². The number of carboxylic acid groups (broad SMARTS) is 1. The molecule has 6 nitrogen and oxygen atoms in total. The fourth-order valence-electron chi connectivity index (χ4n) is 2.80. The van der Waals surface area contributed by atoms with Crippen LogP contribution in [-0.4, -0.2) is 38.8 Å². The molecule has 0 saturated heterocycles. The fourth-order valence-corrected chi connectivity index (χ4v) is 2.80. The number of benzene rings is 1. The second kappa shape index (κ2) is 5.78. The summed E-state index contributed by atoms with van der Waals surface area (Å²) in [6.45, 7) is 6.71. The van der Waals surface area contributed by atoms with Crippen molar-refractivity contribution < 1.29 is 14.7 Å². The van der Waals surface area contributed by atoms with Crippen molar-refractivity contribution in [2.45, 2.75) is 33.7 Å². The number of carboxylic acids is 1. The van der Waals surface area contributed by atoms with Gasteiger partial charge in [0.15, 0.2) is 0 Å². The molecule has 24 heavy (non-hydrogen) atoms. The zero-order valence-electron chi connectivity index (χ0n) is 14.1. The van der Waals surface area contributed by atoms with E-state index in [4.69, 9.17) is 5.11 Å².